The summed E-state index contributed by atoms with van der Waals surface area (Å²) in [6, 6.07) is 10.8. The van der Waals surface area contributed by atoms with Crippen molar-refractivity contribution in [3.8, 4) is 0 Å². The number of aryl methyl sites for hydroxylation is 1. The molecular formula is C26H35N5O2. The van der Waals surface area contributed by atoms with Gasteiger partial charge in [0.15, 0.2) is 0 Å². The molecule has 0 atom stereocenters. The van der Waals surface area contributed by atoms with Gasteiger partial charge >= 0.3 is 0 Å². The van der Waals surface area contributed by atoms with Crippen molar-refractivity contribution in [2.75, 3.05) is 33.7 Å². The average Bonchev–Trinajstić information content (AvgIpc) is 3.12. The molecule has 4 rings (SSSR count). The molecule has 0 radical (unpaired) electrons. The van der Waals surface area contributed by atoms with E-state index < -0.39 is 0 Å². The summed E-state index contributed by atoms with van der Waals surface area (Å²) in [5.41, 5.74) is 2.49. The summed E-state index contributed by atoms with van der Waals surface area (Å²) < 4.78 is 0. The molecule has 1 spiro atoms. The van der Waals surface area contributed by atoms with E-state index in [1.54, 1.807) is 13.1 Å². The maximum Gasteiger partial charge on any atom is 0.271 e. The number of rotatable bonds is 7. The Morgan fingerprint density at radius 3 is 2.45 bits per heavy atom. The van der Waals surface area contributed by atoms with Crippen LogP contribution >= 0.6 is 0 Å². The number of benzene rings is 1. The van der Waals surface area contributed by atoms with Gasteiger partial charge in [-0.3, -0.25) is 19.5 Å². The normalized spacial score (nSPS) is 25.1. The lowest BCUT2D eigenvalue weighted by Gasteiger charge is -2.48. The fourth-order valence-electron chi connectivity index (χ4n) is 5.64. The molecule has 2 aliphatic rings. The predicted octanol–water partition coefficient (Wildman–Crippen LogP) is 3.15. The van der Waals surface area contributed by atoms with Gasteiger partial charge < -0.3 is 10.2 Å². The topological polar surface area (TPSA) is 78.4 Å². The Kier molecular flexibility index (Phi) is 6.79. The van der Waals surface area contributed by atoms with Crippen molar-refractivity contribution >= 4 is 11.8 Å². The second-order valence-electron chi connectivity index (χ2n) is 9.88. The summed E-state index contributed by atoms with van der Waals surface area (Å²) >= 11 is 0. The number of likely N-dealkylation sites (tertiary alicyclic amines) is 1. The van der Waals surface area contributed by atoms with Crippen molar-refractivity contribution in [2.24, 2.45) is 5.41 Å². The number of nitrogens with zero attached hydrogens (tertiary/aromatic N) is 4. The van der Waals surface area contributed by atoms with E-state index in [4.69, 9.17) is 0 Å². The highest BCUT2D eigenvalue weighted by molar-refractivity contribution is 5.93. The molecule has 7 heteroatoms. The van der Waals surface area contributed by atoms with Crippen LogP contribution < -0.4 is 5.32 Å². The molecule has 7 nitrogen and oxygen atoms in total. The molecule has 1 saturated carbocycles. The molecule has 2 fully saturated rings. The van der Waals surface area contributed by atoms with Crippen LogP contribution in [-0.4, -0.2) is 65.3 Å². The lowest BCUT2D eigenvalue weighted by Crippen LogP contribution is -2.47. The molecule has 1 aliphatic heterocycles. The van der Waals surface area contributed by atoms with Gasteiger partial charge in [0, 0.05) is 44.0 Å². The molecule has 2 amide bonds. The Morgan fingerprint density at radius 1 is 1.09 bits per heavy atom. The zero-order valence-corrected chi connectivity index (χ0v) is 20.0. The van der Waals surface area contributed by atoms with Crippen molar-refractivity contribution in [1.29, 1.82) is 0 Å². The SMILES string of the molecule is Cc1nccnc1C(=O)NCCCN1CC2(CCC(c3ccccc3)(N(C)C)CC2)CC1=O. The zero-order chi connectivity index (χ0) is 23.5. The van der Waals surface area contributed by atoms with Crippen molar-refractivity contribution in [1.82, 2.24) is 25.1 Å². The third-order valence-corrected chi connectivity index (χ3v) is 7.70. The van der Waals surface area contributed by atoms with E-state index in [2.05, 4.69) is 64.6 Å². The van der Waals surface area contributed by atoms with E-state index in [1.807, 2.05) is 4.90 Å². The number of hydrogen-bond acceptors (Lipinski definition) is 5. The standard InChI is InChI=1S/C26H35N5O2/c1-20-23(28-16-15-27-20)24(33)29-14-7-17-31-19-25(18-22(31)32)10-12-26(13-11-25,30(2)3)21-8-5-4-6-9-21/h4-6,8-9,15-16H,7,10-14,17-19H2,1-3H3,(H,29,33). The highest BCUT2D eigenvalue weighted by Crippen LogP contribution is 2.52. The number of hydrogen-bond donors (Lipinski definition) is 1. The smallest absolute Gasteiger partial charge is 0.271 e. The van der Waals surface area contributed by atoms with Crippen LogP contribution in [0.1, 0.15) is 60.3 Å². The highest BCUT2D eigenvalue weighted by Gasteiger charge is 2.49. The van der Waals surface area contributed by atoms with E-state index in [-0.39, 0.29) is 22.8 Å². The van der Waals surface area contributed by atoms with Crippen LogP contribution in [0.3, 0.4) is 0 Å². The third-order valence-electron chi connectivity index (χ3n) is 7.70. The van der Waals surface area contributed by atoms with Gasteiger partial charge in [0.05, 0.1) is 5.69 Å². The van der Waals surface area contributed by atoms with Crippen molar-refractivity contribution in [3.05, 3.63) is 59.7 Å². The first kappa shape index (κ1) is 23.4. The number of amides is 2. The molecular weight excluding hydrogens is 414 g/mol. The molecule has 1 saturated heterocycles. The number of carbonyl (C=O) groups is 2. The number of nitrogens with one attached hydrogen (secondary N) is 1. The quantitative estimate of drug-likeness (QED) is 0.657. The van der Waals surface area contributed by atoms with E-state index in [1.165, 1.54) is 11.8 Å². The second-order valence-corrected chi connectivity index (χ2v) is 9.88. The Morgan fingerprint density at radius 2 is 1.79 bits per heavy atom. The van der Waals surface area contributed by atoms with Gasteiger partial charge in [-0.05, 0) is 64.1 Å². The van der Waals surface area contributed by atoms with Crippen LogP contribution in [-0.2, 0) is 10.3 Å². The molecule has 0 bridgehead atoms. The Balaban J connectivity index is 1.30. The van der Waals surface area contributed by atoms with Crippen LogP contribution in [0.15, 0.2) is 42.7 Å². The minimum absolute atomic E-state index is 0.0473. The van der Waals surface area contributed by atoms with Crippen molar-refractivity contribution in [3.63, 3.8) is 0 Å². The summed E-state index contributed by atoms with van der Waals surface area (Å²) in [6.45, 7) is 3.81. The average molecular weight is 450 g/mol. The first-order chi connectivity index (χ1) is 15.9. The van der Waals surface area contributed by atoms with Crippen LogP contribution in [0.25, 0.3) is 0 Å². The van der Waals surface area contributed by atoms with Gasteiger partial charge in [-0.15, -0.1) is 0 Å². The van der Waals surface area contributed by atoms with E-state index in [9.17, 15) is 9.59 Å². The molecule has 0 unspecified atom stereocenters. The minimum Gasteiger partial charge on any atom is -0.351 e. The Hall–Kier alpha value is -2.80. The van der Waals surface area contributed by atoms with Gasteiger partial charge in [-0.25, -0.2) is 4.98 Å². The van der Waals surface area contributed by atoms with E-state index in [0.717, 1.165) is 38.6 Å². The highest BCUT2D eigenvalue weighted by atomic mass is 16.2. The van der Waals surface area contributed by atoms with Crippen LogP contribution in [0.5, 0.6) is 0 Å². The van der Waals surface area contributed by atoms with Gasteiger partial charge in [0.2, 0.25) is 5.91 Å². The Labute approximate surface area is 196 Å². The molecule has 2 heterocycles. The van der Waals surface area contributed by atoms with Gasteiger partial charge in [0.1, 0.15) is 5.69 Å². The fourth-order valence-corrected chi connectivity index (χ4v) is 5.64. The summed E-state index contributed by atoms with van der Waals surface area (Å²) in [5, 5.41) is 2.91. The number of carbonyl (C=O) groups excluding carboxylic acids is 2. The first-order valence-corrected chi connectivity index (χ1v) is 11.9. The Bertz CT molecular complexity index is 983. The largest absolute Gasteiger partial charge is 0.351 e. The fraction of sp³-hybridized carbons (Fsp3) is 0.538. The molecule has 1 aliphatic carbocycles. The minimum atomic E-state index is -0.210. The second kappa shape index (κ2) is 9.59. The maximum atomic E-state index is 12.8. The van der Waals surface area contributed by atoms with Crippen molar-refractivity contribution < 1.29 is 9.59 Å². The molecule has 33 heavy (non-hydrogen) atoms. The van der Waals surface area contributed by atoms with E-state index >= 15 is 0 Å². The zero-order valence-electron chi connectivity index (χ0n) is 20.0. The molecule has 1 N–H and O–H groups in total. The first-order valence-electron chi connectivity index (χ1n) is 11.9. The summed E-state index contributed by atoms with van der Waals surface area (Å²) in [5.74, 6) is 0.0428. The van der Waals surface area contributed by atoms with Crippen LogP contribution in [0.4, 0.5) is 0 Å². The van der Waals surface area contributed by atoms with Crippen LogP contribution in [0, 0.1) is 12.3 Å². The number of aromatic nitrogens is 2. The van der Waals surface area contributed by atoms with Crippen LogP contribution in [0.2, 0.25) is 0 Å². The summed E-state index contributed by atoms with van der Waals surface area (Å²) in [4.78, 5) is 37.7. The summed E-state index contributed by atoms with van der Waals surface area (Å²) in [7, 11) is 4.35. The van der Waals surface area contributed by atoms with Gasteiger partial charge in [-0.1, -0.05) is 30.3 Å². The molecule has 1 aromatic carbocycles. The lowest BCUT2D eigenvalue weighted by atomic mass is 9.64. The monoisotopic (exact) mass is 449 g/mol. The van der Waals surface area contributed by atoms with Gasteiger partial charge in [-0.2, -0.15) is 0 Å². The summed E-state index contributed by atoms with van der Waals surface area (Å²) in [6.07, 6.45) is 8.74. The lowest BCUT2D eigenvalue weighted by molar-refractivity contribution is -0.127. The molecule has 176 valence electrons. The molecule has 2 aromatic rings. The third kappa shape index (κ3) is 4.78. The van der Waals surface area contributed by atoms with E-state index in [0.29, 0.717) is 30.9 Å². The van der Waals surface area contributed by atoms with Crippen molar-refractivity contribution in [2.45, 2.75) is 51.0 Å². The predicted molar refractivity (Wildman–Crippen MR) is 128 cm³/mol. The van der Waals surface area contributed by atoms with Gasteiger partial charge in [0.25, 0.3) is 5.91 Å². The molecule has 1 aromatic heterocycles. The maximum absolute atomic E-state index is 12.8.